The van der Waals surface area contributed by atoms with Crippen molar-refractivity contribution in [2.75, 3.05) is 18.4 Å². The van der Waals surface area contributed by atoms with E-state index in [9.17, 15) is 9.18 Å². The van der Waals surface area contributed by atoms with Crippen LogP contribution in [0.5, 0.6) is 0 Å². The van der Waals surface area contributed by atoms with Gasteiger partial charge in [0.15, 0.2) is 6.04 Å². The Labute approximate surface area is 120 Å². The Bertz CT molecular complexity index is 468. The van der Waals surface area contributed by atoms with Crippen LogP contribution in [0, 0.1) is 12.7 Å². The first kappa shape index (κ1) is 15.0. The van der Waals surface area contributed by atoms with Gasteiger partial charge in [0.2, 0.25) is 0 Å². The minimum absolute atomic E-state index is 0.0230. The molecule has 1 heterocycles. The molecule has 0 saturated carbocycles. The highest BCUT2D eigenvalue weighted by molar-refractivity contribution is 5.93. The molecule has 2 N–H and O–H groups in total. The number of carbonyl (C=O) groups is 1. The molecule has 4 heteroatoms. The zero-order valence-corrected chi connectivity index (χ0v) is 12.3. The van der Waals surface area contributed by atoms with E-state index in [1.165, 1.54) is 36.6 Å². The number of nitrogens with one attached hydrogen (secondary N) is 2. The number of benzene rings is 1. The van der Waals surface area contributed by atoms with Crippen molar-refractivity contribution in [1.29, 1.82) is 0 Å². The topological polar surface area (TPSA) is 33.5 Å². The van der Waals surface area contributed by atoms with Gasteiger partial charge >= 0.3 is 0 Å². The third kappa shape index (κ3) is 3.79. The maximum absolute atomic E-state index is 13.5. The van der Waals surface area contributed by atoms with Crippen molar-refractivity contribution in [3.8, 4) is 0 Å². The van der Waals surface area contributed by atoms with E-state index < -0.39 is 0 Å². The van der Waals surface area contributed by atoms with Gasteiger partial charge in [-0.25, -0.2) is 4.39 Å². The molecular weight excluding hydrogens is 255 g/mol. The fraction of sp³-hybridized carbons (Fsp3) is 0.562. The van der Waals surface area contributed by atoms with Gasteiger partial charge in [0.25, 0.3) is 5.91 Å². The molecule has 1 saturated heterocycles. The fourth-order valence-corrected chi connectivity index (χ4v) is 2.72. The van der Waals surface area contributed by atoms with E-state index >= 15 is 0 Å². The van der Waals surface area contributed by atoms with Gasteiger partial charge in [-0.05, 0) is 57.2 Å². The number of hydrogen-bond acceptors (Lipinski definition) is 1. The first-order valence-electron chi connectivity index (χ1n) is 7.49. The summed E-state index contributed by atoms with van der Waals surface area (Å²) < 4.78 is 13.5. The van der Waals surface area contributed by atoms with E-state index in [1.54, 1.807) is 19.1 Å². The summed E-state index contributed by atoms with van der Waals surface area (Å²) in [5, 5.41) is 2.83. The second-order valence-electron chi connectivity index (χ2n) is 5.75. The summed E-state index contributed by atoms with van der Waals surface area (Å²) in [6.07, 6.45) is 4.90. The number of aryl methyl sites for hydroxylation is 1. The first-order chi connectivity index (χ1) is 9.58. The summed E-state index contributed by atoms with van der Waals surface area (Å²) in [5.74, 6) is -0.303. The maximum atomic E-state index is 13.5. The van der Waals surface area contributed by atoms with Crippen LogP contribution in [-0.2, 0) is 4.79 Å². The van der Waals surface area contributed by atoms with Crippen LogP contribution in [0.4, 0.5) is 10.1 Å². The van der Waals surface area contributed by atoms with Crippen LogP contribution in [0.15, 0.2) is 18.2 Å². The van der Waals surface area contributed by atoms with Gasteiger partial charge in [-0.3, -0.25) is 4.79 Å². The van der Waals surface area contributed by atoms with Gasteiger partial charge in [0, 0.05) is 5.69 Å². The summed E-state index contributed by atoms with van der Waals surface area (Å²) in [6.45, 7) is 5.78. The van der Waals surface area contributed by atoms with Gasteiger partial charge in [-0.2, -0.15) is 0 Å². The van der Waals surface area contributed by atoms with Crippen molar-refractivity contribution in [3.05, 3.63) is 29.6 Å². The standard InChI is InChI=1S/C16H23FN2O/c1-12-7-8-14(11-15(12)17)18-16(20)13(2)19-9-5-3-4-6-10-19/h7-8,11,13H,3-6,9-10H2,1-2H3,(H,18,20)/p+1/t13-/m0/s1. The third-order valence-electron chi connectivity index (χ3n) is 4.19. The Morgan fingerprint density at radius 1 is 1.25 bits per heavy atom. The average molecular weight is 279 g/mol. The SMILES string of the molecule is Cc1ccc(NC(=O)[C@H](C)[NH+]2CCCCCC2)cc1F. The van der Waals surface area contributed by atoms with E-state index in [-0.39, 0.29) is 17.8 Å². The van der Waals surface area contributed by atoms with Gasteiger partial charge < -0.3 is 10.2 Å². The molecule has 1 amide bonds. The highest BCUT2D eigenvalue weighted by Gasteiger charge is 2.25. The van der Waals surface area contributed by atoms with Crippen molar-refractivity contribution in [1.82, 2.24) is 0 Å². The largest absolute Gasteiger partial charge is 0.325 e. The highest BCUT2D eigenvalue weighted by Crippen LogP contribution is 2.13. The van der Waals surface area contributed by atoms with Gasteiger partial charge in [0.05, 0.1) is 13.1 Å². The van der Waals surface area contributed by atoms with E-state index in [0.717, 1.165) is 13.1 Å². The van der Waals surface area contributed by atoms with Crippen molar-refractivity contribution in [3.63, 3.8) is 0 Å². The smallest absolute Gasteiger partial charge is 0.282 e. The van der Waals surface area contributed by atoms with Crippen molar-refractivity contribution >= 4 is 11.6 Å². The van der Waals surface area contributed by atoms with E-state index in [2.05, 4.69) is 5.32 Å². The molecule has 1 aliphatic rings. The van der Waals surface area contributed by atoms with Crippen molar-refractivity contribution in [2.45, 2.75) is 45.6 Å². The Morgan fingerprint density at radius 2 is 1.90 bits per heavy atom. The lowest BCUT2D eigenvalue weighted by atomic mass is 10.2. The molecule has 1 fully saturated rings. The molecule has 2 rings (SSSR count). The predicted octanol–water partition coefficient (Wildman–Crippen LogP) is 1.92. The predicted molar refractivity (Wildman–Crippen MR) is 78.4 cm³/mol. The minimum atomic E-state index is -0.280. The summed E-state index contributed by atoms with van der Waals surface area (Å²) >= 11 is 0. The molecular formula is C16H24FN2O+. The summed E-state index contributed by atoms with van der Waals surface area (Å²) in [7, 11) is 0. The van der Waals surface area contributed by atoms with Gasteiger partial charge in [0.1, 0.15) is 5.82 Å². The molecule has 110 valence electrons. The molecule has 0 bridgehead atoms. The molecule has 1 atom stereocenters. The number of hydrogen-bond donors (Lipinski definition) is 2. The number of quaternary nitrogens is 1. The number of likely N-dealkylation sites (tertiary alicyclic amines) is 1. The lowest BCUT2D eigenvalue weighted by Crippen LogP contribution is -3.16. The van der Waals surface area contributed by atoms with E-state index in [0.29, 0.717) is 11.3 Å². The van der Waals surface area contributed by atoms with Crippen LogP contribution in [-0.4, -0.2) is 25.0 Å². The minimum Gasteiger partial charge on any atom is -0.325 e. The Morgan fingerprint density at radius 3 is 2.50 bits per heavy atom. The molecule has 0 unspecified atom stereocenters. The second kappa shape index (κ2) is 6.84. The quantitative estimate of drug-likeness (QED) is 0.871. The normalized spacial score (nSPS) is 18.4. The Kier molecular flexibility index (Phi) is 5.12. The van der Waals surface area contributed by atoms with Gasteiger partial charge in [-0.15, -0.1) is 0 Å². The summed E-state index contributed by atoms with van der Waals surface area (Å²) in [5.41, 5.74) is 1.13. The third-order valence-corrected chi connectivity index (χ3v) is 4.19. The second-order valence-corrected chi connectivity index (χ2v) is 5.75. The molecule has 1 aromatic rings. The molecule has 20 heavy (non-hydrogen) atoms. The van der Waals surface area contributed by atoms with Crippen LogP contribution >= 0.6 is 0 Å². The molecule has 0 spiro atoms. The van der Waals surface area contributed by atoms with Gasteiger partial charge in [-0.1, -0.05) is 6.07 Å². The molecule has 1 aromatic carbocycles. The van der Waals surface area contributed by atoms with Crippen LogP contribution < -0.4 is 10.2 Å². The van der Waals surface area contributed by atoms with Crippen LogP contribution in [0.3, 0.4) is 0 Å². The monoisotopic (exact) mass is 279 g/mol. The number of amides is 1. The summed E-state index contributed by atoms with van der Waals surface area (Å²) in [4.78, 5) is 13.6. The highest BCUT2D eigenvalue weighted by atomic mass is 19.1. The van der Waals surface area contributed by atoms with Crippen molar-refractivity contribution in [2.24, 2.45) is 0 Å². The van der Waals surface area contributed by atoms with Crippen LogP contribution in [0.2, 0.25) is 0 Å². The molecule has 3 nitrogen and oxygen atoms in total. The molecule has 0 radical (unpaired) electrons. The number of rotatable bonds is 3. The zero-order chi connectivity index (χ0) is 14.5. The molecule has 0 aliphatic carbocycles. The van der Waals surface area contributed by atoms with Crippen LogP contribution in [0.25, 0.3) is 0 Å². The number of carbonyl (C=O) groups excluding carboxylic acids is 1. The lowest BCUT2D eigenvalue weighted by molar-refractivity contribution is -0.913. The molecule has 1 aliphatic heterocycles. The van der Waals surface area contributed by atoms with Crippen LogP contribution in [0.1, 0.15) is 38.2 Å². The van der Waals surface area contributed by atoms with E-state index in [1.807, 2.05) is 6.92 Å². The zero-order valence-electron chi connectivity index (χ0n) is 12.3. The Hall–Kier alpha value is -1.42. The fourth-order valence-electron chi connectivity index (χ4n) is 2.72. The number of anilines is 1. The summed E-state index contributed by atoms with van der Waals surface area (Å²) in [6, 6.07) is 4.74. The maximum Gasteiger partial charge on any atom is 0.282 e. The average Bonchev–Trinajstić information content (AvgIpc) is 2.71. The van der Waals surface area contributed by atoms with Crippen molar-refractivity contribution < 1.29 is 14.1 Å². The number of halogens is 1. The molecule has 0 aromatic heterocycles. The lowest BCUT2D eigenvalue weighted by Gasteiger charge is -2.23. The first-order valence-corrected chi connectivity index (χ1v) is 7.49. The van der Waals surface area contributed by atoms with E-state index in [4.69, 9.17) is 0 Å². The Balaban J connectivity index is 1.97.